The topological polar surface area (TPSA) is 38.8 Å². The SMILES string of the molecule is CN(CCC(Oc1cccc(I)c1)c1ccccc1)C(=O)OC(C)(C)C. The van der Waals surface area contributed by atoms with Gasteiger partial charge in [0.2, 0.25) is 0 Å². The highest BCUT2D eigenvalue weighted by molar-refractivity contribution is 14.1. The van der Waals surface area contributed by atoms with E-state index in [1.807, 2.05) is 75.4 Å². The van der Waals surface area contributed by atoms with Crippen molar-refractivity contribution in [3.8, 4) is 5.75 Å². The Morgan fingerprint density at radius 3 is 2.42 bits per heavy atom. The third-order valence-electron chi connectivity index (χ3n) is 3.68. The number of rotatable bonds is 6. The molecule has 0 aliphatic carbocycles. The van der Waals surface area contributed by atoms with E-state index in [-0.39, 0.29) is 12.2 Å². The second-order valence-corrected chi connectivity index (χ2v) is 8.41. The van der Waals surface area contributed by atoms with Crippen molar-refractivity contribution in [3.63, 3.8) is 0 Å². The molecule has 26 heavy (non-hydrogen) atoms. The summed E-state index contributed by atoms with van der Waals surface area (Å²) in [7, 11) is 1.75. The van der Waals surface area contributed by atoms with E-state index in [1.165, 1.54) is 0 Å². The van der Waals surface area contributed by atoms with Crippen molar-refractivity contribution in [3.05, 3.63) is 63.7 Å². The number of ether oxygens (including phenoxy) is 2. The first-order valence-electron chi connectivity index (χ1n) is 8.66. The van der Waals surface area contributed by atoms with Gasteiger partial charge in [-0.15, -0.1) is 0 Å². The third-order valence-corrected chi connectivity index (χ3v) is 4.35. The van der Waals surface area contributed by atoms with Crippen LogP contribution >= 0.6 is 22.6 Å². The van der Waals surface area contributed by atoms with Gasteiger partial charge >= 0.3 is 6.09 Å². The lowest BCUT2D eigenvalue weighted by Gasteiger charge is -2.26. The predicted octanol–water partition coefficient (Wildman–Crippen LogP) is 5.67. The molecule has 4 nitrogen and oxygen atoms in total. The maximum atomic E-state index is 12.2. The molecule has 2 aromatic carbocycles. The zero-order chi connectivity index (χ0) is 19.2. The van der Waals surface area contributed by atoms with Crippen LogP contribution < -0.4 is 4.74 Å². The molecule has 0 fully saturated rings. The molecule has 0 spiro atoms. The van der Waals surface area contributed by atoms with Gasteiger partial charge in [-0.3, -0.25) is 0 Å². The Labute approximate surface area is 169 Å². The molecule has 0 N–H and O–H groups in total. The van der Waals surface area contributed by atoms with Crippen LogP contribution in [0.5, 0.6) is 5.75 Å². The number of nitrogens with zero attached hydrogens (tertiary/aromatic N) is 1. The van der Waals surface area contributed by atoms with Crippen LogP contribution in [0.25, 0.3) is 0 Å². The highest BCUT2D eigenvalue weighted by atomic mass is 127. The van der Waals surface area contributed by atoms with Gasteiger partial charge < -0.3 is 14.4 Å². The van der Waals surface area contributed by atoms with Gasteiger partial charge in [0.05, 0.1) is 0 Å². The summed E-state index contributed by atoms with van der Waals surface area (Å²) in [5.41, 5.74) is 0.588. The summed E-state index contributed by atoms with van der Waals surface area (Å²) < 4.78 is 12.8. The lowest BCUT2D eigenvalue weighted by atomic mass is 10.1. The molecule has 2 rings (SSSR count). The zero-order valence-corrected chi connectivity index (χ0v) is 17.9. The zero-order valence-electron chi connectivity index (χ0n) is 15.7. The van der Waals surface area contributed by atoms with Crippen molar-refractivity contribution in [2.75, 3.05) is 13.6 Å². The molecule has 1 amide bonds. The van der Waals surface area contributed by atoms with Gasteiger partial charge in [-0.25, -0.2) is 4.79 Å². The number of hydrogen-bond donors (Lipinski definition) is 0. The number of benzene rings is 2. The van der Waals surface area contributed by atoms with E-state index < -0.39 is 5.60 Å². The number of carbonyl (C=O) groups excluding carboxylic acids is 1. The molecule has 0 aliphatic rings. The molecule has 0 radical (unpaired) electrons. The van der Waals surface area contributed by atoms with Crippen LogP contribution in [0, 0.1) is 3.57 Å². The minimum atomic E-state index is -0.499. The summed E-state index contributed by atoms with van der Waals surface area (Å²) in [4.78, 5) is 13.8. The van der Waals surface area contributed by atoms with Crippen LogP contribution in [0.4, 0.5) is 4.79 Å². The molecule has 0 heterocycles. The monoisotopic (exact) mass is 467 g/mol. The largest absolute Gasteiger partial charge is 0.486 e. The molecule has 0 saturated heterocycles. The van der Waals surface area contributed by atoms with Crippen LogP contribution in [-0.4, -0.2) is 30.2 Å². The highest BCUT2D eigenvalue weighted by Gasteiger charge is 2.21. The first-order valence-corrected chi connectivity index (χ1v) is 9.74. The molecule has 1 unspecified atom stereocenters. The summed E-state index contributed by atoms with van der Waals surface area (Å²) in [6.45, 7) is 6.14. The van der Waals surface area contributed by atoms with Gasteiger partial charge in [-0.05, 0) is 67.1 Å². The second kappa shape index (κ2) is 9.26. The smallest absolute Gasteiger partial charge is 0.410 e. The Morgan fingerprint density at radius 1 is 1.12 bits per heavy atom. The quantitative estimate of drug-likeness (QED) is 0.514. The number of hydrogen-bond acceptors (Lipinski definition) is 3. The van der Waals surface area contributed by atoms with E-state index in [0.29, 0.717) is 13.0 Å². The van der Waals surface area contributed by atoms with Crippen molar-refractivity contribution in [1.82, 2.24) is 4.90 Å². The fourth-order valence-corrected chi connectivity index (χ4v) is 2.92. The summed E-state index contributed by atoms with van der Waals surface area (Å²) in [6, 6.07) is 18.0. The second-order valence-electron chi connectivity index (χ2n) is 7.17. The fourth-order valence-electron chi connectivity index (χ4n) is 2.41. The van der Waals surface area contributed by atoms with E-state index in [4.69, 9.17) is 9.47 Å². The van der Waals surface area contributed by atoms with Gasteiger partial charge in [0, 0.05) is 23.6 Å². The fraction of sp³-hybridized carbons (Fsp3) is 0.381. The van der Waals surface area contributed by atoms with E-state index >= 15 is 0 Å². The lowest BCUT2D eigenvalue weighted by Crippen LogP contribution is -2.35. The van der Waals surface area contributed by atoms with Crippen LogP contribution in [0.2, 0.25) is 0 Å². The molecule has 5 heteroatoms. The van der Waals surface area contributed by atoms with Crippen molar-refractivity contribution >= 4 is 28.7 Å². The maximum Gasteiger partial charge on any atom is 0.410 e. The van der Waals surface area contributed by atoms with Gasteiger partial charge in [-0.2, -0.15) is 0 Å². The highest BCUT2D eigenvalue weighted by Crippen LogP contribution is 2.26. The normalized spacial score (nSPS) is 12.3. The molecule has 140 valence electrons. The van der Waals surface area contributed by atoms with Crippen molar-refractivity contribution in [2.45, 2.75) is 38.9 Å². The summed E-state index contributed by atoms with van der Waals surface area (Å²) >= 11 is 2.27. The summed E-state index contributed by atoms with van der Waals surface area (Å²) in [5.74, 6) is 0.825. The van der Waals surface area contributed by atoms with Gasteiger partial charge in [0.15, 0.2) is 0 Å². The van der Waals surface area contributed by atoms with Crippen LogP contribution in [0.3, 0.4) is 0 Å². The molecule has 0 saturated carbocycles. The number of amides is 1. The molecular formula is C21H26INO3. The first-order chi connectivity index (χ1) is 12.2. The maximum absolute atomic E-state index is 12.2. The van der Waals surface area contributed by atoms with Crippen LogP contribution in [0.15, 0.2) is 54.6 Å². The Kier molecular flexibility index (Phi) is 7.32. The Bertz CT molecular complexity index is 713. The van der Waals surface area contributed by atoms with E-state index in [1.54, 1.807) is 11.9 Å². The van der Waals surface area contributed by atoms with Crippen molar-refractivity contribution in [1.29, 1.82) is 0 Å². The lowest BCUT2D eigenvalue weighted by molar-refractivity contribution is 0.0278. The van der Waals surface area contributed by atoms with Crippen LogP contribution in [-0.2, 0) is 4.74 Å². The number of halogens is 1. The van der Waals surface area contributed by atoms with Crippen LogP contribution in [0.1, 0.15) is 38.9 Å². The van der Waals surface area contributed by atoms with E-state index in [9.17, 15) is 4.79 Å². The minimum absolute atomic E-state index is 0.140. The Balaban J connectivity index is 2.06. The number of carbonyl (C=O) groups is 1. The van der Waals surface area contributed by atoms with E-state index in [0.717, 1.165) is 14.9 Å². The molecule has 0 bridgehead atoms. The average Bonchev–Trinajstić information content (AvgIpc) is 2.57. The Hall–Kier alpha value is -1.76. The van der Waals surface area contributed by atoms with Gasteiger partial charge in [0.25, 0.3) is 0 Å². The predicted molar refractivity (Wildman–Crippen MR) is 112 cm³/mol. The summed E-state index contributed by atoms with van der Waals surface area (Å²) in [6.07, 6.45) is 0.212. The molecule has 0 aliphatic heterocycles. The first kappa shape index (κ1) is 20.6. The minimum Gasteiger partial charge on any atom is -0.486 e. The van der Waals surface area contributed by atoms with Gasteiger partial charge in [-0.1, -0.05) is 36.4 Å². The average molecular weight is 467 g/mol. The molecule has 1 atom stereocenters. The molecule has 2 aromatic rings. The third kappa shape index (κ3) is 6.86. The Morgan fingerprint density at radius 2 is 1.81 bits per heavy atom. The van der Waals surface area contributed by atoms with Gasteiger partial charge in [0.1, 0.15) is 17.5 Å². The standard InChI is InChI=1S/C21H26INO3/c1-21(2,3)26-20(24)23(4)14-13-19(16-9-6-5-7-10-16)25-18-12-8-11-17(22)15-18/h5-12,15,19H,13-14H2,1-4H3. The molecular weight excluding hydrogens is 441 g/mol. The molecule has 0 aromatic heterocycles. The van der Waals surface area contributed by atoms with E-state index in [2.05, 4.69) is 22.6 Å². The van der Waals surface area contributed by atoms with Crippen molar-refractivity contribution < 1.29 is 14.3 Å². The summed E-state index contributed by atoms with van der Waals surface area (Å²) in [5, 5.41) is 0. The van der Waals surface area contributed by atoms with Crippen molar-refractivity contribution in [2.24, 2.45) is 0 Å².